The van der Waals surface area contributed by atoms with E-state index in [2.05, 4.69) is 32.9 Å². The van der Waals surface area contributed by atoms with Crippen LogP contribution >= 0.6 is 0 Å². The molecule has 0 spiro atoms. The fraction of sp³-hybridized carbons (Fsp3) is 0.562. The van der Waals surface area contributed by atoms with Crippen LogP contribution in [0.15, 0.2) is 12.1 Å². The van der Waals surface area contributed by atoms with E-state index in [0.717, 1.165) is 43.2 Å². The number of carbonyl (C=O) groups is 1. The molecular weight excluding hydrogens is 224 g/mol. The summed E-state index contributed by atoms with van der Waals surface area (Å²) in [5.74, 6) is -0.643. The van der Waals surface area contributed by atoms with Crippen molar-refractivity contribution in [3.05, 3.63) is 34.4 Å². The maximum absolute atomic E-state index is 11.8. The van der Waals surface area contributed by atoms with Crippen LogP contribution in [-0.4, -0.2) is 11.1 Å². The number of rotatable bonds is 3. The van der Waals surface area contributed by atoms with Gasteiger partial charge >= 0.3 is 5.97 Å². The topological polar surface area (TPSA) is 37.3 Å². The molecule has 0 bridgehead atoms. The lowest BCUT2D eigenvalue weighted by molar-refractivity contribution is -0.143. The van der Waals surface area contributed by atoms with Crippen LogP contribution in [0.3, 0.4) is 0 Å². The van der Waals surface area contributed by atoms with Crippen LogP contribution in [0, 0.1) is 13.8 Å². The second kappa shape index (κ2) is 4.75. The number of hydrogen-bond acceptors (Lipinski definition) is 1. The lowest BCUT2D eigenvalue weighted by atomic mass is 9.75. The van der Waals surface area contributed by atoms with Crippen LogP contribution in [0.1, 0.15) is 54.9 Å². The van der Waals surface area contributed by atoms with Crippen LogP contribution < -0.4 is 0 Å². The second-order valence-electron chi connectivity index (χ2n) is 5.53. The monoisotopic (exact) mass is 246 g/mol. The highest BCUT2D eigenvalue weighted by Crippen LogP contribution is 2.43. The minimum atomic E-state index is -0.643. The lowest BCUT2D eigenvalue weighted by Crippen LogP contribution is -2.33. The molecule has 1 N–H and O–H groups in total. The van der Waals surface area contributed by atoms with E-state index < -0.39 is 11.4 Å². The van der Waals surface area contributed by atoms with Gasteiger partial charge in [0.1, 0.15) is 0 Å². The zero-order valence-electron chi connectivity index (χ0n) is 11.5. The SMILES string of the molecule is CCc1cc(C)c(C)c(C2(C(=O)O)CCCC2)c1. The molecule has 0 aliphatic heterocycles. The van der Waals surface area contributed by atoms with Gasteiger partial charge in [-0.2, -0.15) is 0 Å². The van der Waals surface area contributed by atoms with Gasteiger partial charge in [0.25, 0.3) is 0 Å². The van der Waals surface area contributed by atoms with Crippen LogP contribution in [0.25, 0.3) is 0 Å². The van der Waals surface area contributed by atoms with Gasteiger partial charge in [0, 0.05) is 0 Å². The van der Waals surface area contributed by atoms with Gasteiger partial charge in [-0.25, -0.2) is 0 Å². The van der Waals surface area contributed by atoms with E-state index in [9.17, 15) is 9.90 Å². The van der Waals surface area contributed by atoms with Crippen molar-refractivity contribution in [3.63, 3.8) is 0 Å². The highest BCUT2D eigenvalue weighted by atomic mass is 16.4. The summed E-state index contributed by atoms with van der Waals surface area (Å²) in [6.07, 6.45) is 4.59. The minimum absolute atomic E-state index is 0.625. The fourth-order valence-electron chi connectivity index (χ4n) is 3.21. The molecule has 1 saturated carbocycles. The summed E-state index contributed by atoms with van der Waals surface area (Å²) in [7, 11) is 0. The van der Waals surface area contributed by atoms with Crippen molar-refractivity contribution in [2.24, 2.45) is 0 Å². The van der Waals surface area contributed by atoms with Gasteiger partial charge in [-0.05, 0) is 55.4 Å². The molecule has 0 amide bonds. The molecular formula is C16H22O2. The first kappa shape index (κ1) is 13.1. The Bertz CT molecular complexity index is 468. The molecule has 1 aromatic carbocycles. The molecule has 1 aliphatic rings. The van der Waals surface area contributed by atoms with Crippen molar-refractivity contribution in [1.29, 1.82) is 0 Å². The first-order valence-corrected chi connectivity index (χ1v) is 6.85. The number of carboxylic acids is 1. The van der Waals surface area contributed by atoms with Gasteiger partial charge in [0.2, 0.25) is 0 Å². The van der Waals surface area contributed by atoms with E-state index in [1.165, 1.54) is 11.1 Å². The van der Waals surface area contributed by atoms with Gasteiger partial charge in [0.15, 0.2) is 0 Å². The summed E-state index contributed by atoms with van der Waals surface area (Å²) >= 11 is 0. The number of carboxylic acid groups (broad SMARTS) is 1. The Morgan fingerprint density at radius 2 is 1.89 bits per heavy atom. The highest BCUT2D eigenvalue weighted by Gasteiger charge is 2.44. The average Bonchev–Trinajstić information content (AvgIpc) is 2.82. The number of benzene rings is 1. The molecule has 0 radical (unpaired) electrons. The van der Waals surface area contributed by atoms with E-state index in [1.807, 2.05) is 0 Å². The zero-order valence-corrected chi connectivity index (χ0v) is 11.5. The van der Waals surface area contributed by atoms with E-state index in [0.29, 0.717) is 0 Å². The van der Waals surface area contributed by atoms with Crippen molar-refractivity contribution >= 4 is 5.97 Å². The van der Waals surface area contributed by atoms with Crippen molar-refractivity contribution in [2.75, 3.05) is 0 Å². The third kappa shape index (κ3) is 1.94. The Hall–Kier alpha value is -1.31. The van der Waals surface area contributed by atoms with Gasteiger partial charge in [-0.1, -0.05) is 31.9 Å². The highest BCUT2D eigenvalue weighted by molar-refractivity contribution is 5.82. The van der Waals surface area contributed by atoms with Gasteiger partial charge in [-0.3, -0.25) is 4.79 Å². The van der Waals surface area contributed by atoms with Gasteiger partial charge < -0.3 is 5.11 Å². The molecule has 1 aromatic rings. The molecule has 1 aliphatic carbocycles. The molecule has 2 nitrogen and oxygen atoms in total. The summed E-state index contributed by atoms with van der Waals surface area (Å²) in [4.78, 5) is 11.8. The Labute approximate surface area is 109 Å². The second-order valence-corrected chi connectivity index (χ2v) is 5.53. The quantitative estimate of drug-likeness (QED) is 0.881. The normalized spacial score (nSPS) is 17.9. The third-order valence-electron chi connectivity index (χ3n) is 4.52. The van der Waals surface area contributed by atoms with Crippen LogP contribution in [0.4, 0.5) is 0 Å². The van der Waals surface area contributed by atoms with E-state index >= 15 is 0 Å². The summed E-state index contributed by atoms with van der Waals surface area (Å²) in [6, 6.07) is 4.31. The van der Waals surface area contributed by atoms with E-state index in [4.69, 9.17) is 0 Å². The molecule has 2 heteroatoms. The Morgan fingerprint density at radius 3 is 2.39 bits per heavy atom. The molecule has 0 unspecified atom stereocenters. The average molecular weight is 246 g/mol. The van der Waals surface area contributed by atoms with Crippen LogP contribution in [0.5, 0.6) is 0 Å². The molecule has 0 saturated heterocycles. The zero-order chi connectivity index (χ0) is 13.3. The van der Waals surface area contributed by atoms with Crippen molar-refractivity contribution in [2.45, 2.75) is 58.3 Å². The Balaban J connectivity index is 2.61. The molecule has 1 fully saturated rings. The summed E-state index contributed by atoms with van der Waals surface area (Å²) in [5, 5.41) is 9.70. The van der Waals surface area contributed by atoms with Crippen LogP contribution in [0.2, 0.25) is 0 Å². The molecule has 0 heterocycles. The largest absolute Gasteiger partial charge is 0.481 e. The van der Waals surface area contributed by atoms with Crippen molar-refractivity contribution in [1.82, 2.24) is 0 Å². The third-order valence-corrected chi connectivity index (χ3v) is 4.52. The predicted octanol–water partition coefficient (Wildman–Crippen LogP) is 3.76. The summed E-state index contributed by atoms with van der Waals surface area (Å²) in [6.45, 7) is 6.27. The molecule has 2 rings (SSSR count). The number of hydrogen-bond donors (Lipinski definition) is 1. The van der Waals surface area contributed by atoms with Crippen molar-refractivity contribution in [3.8, 4) is 0 Å². The minimum Gasteiger partial charge on any atom is -0.481 e. The predicted molar refractivity (Wildman–Crippen MR) is 73.1 cm³/mol. The van der Waals surface area contributed by atoms with Gasteiger partial charge in [0.05, 0.1) is 5.41 Å². The number of aliphatic carboxylic acids is 1. The van der Waals surface area contributed by atoms with Crippen LogP contribution in [-0.2, 0) is 16.6 Å². The van der Waals surface area contributed by atoms with E-state index in [-0.39, 0.29) is 0 Å². The number of aryl methyl sites for hydroxylation is 2. The maximum atomic E-state index is 11.8. The first-order chi connectivity index (χ1) is 8.51. The van der Waals surface area contributed by atoms with E-state index in [1.54, 1.807) is 0 Å². The molecule has 18 heavy (non-hydrogen) atoms. The summed E-state index contributed by atoms with van der Waals surface area (Å²) < 4.78 is 0. The Morgan fingerprint density at radius 1 is 1.28 bits per heavy atom. The van der Waals surface area contributed by atoms with Crippen molar-refractivity contribution < 1.29 is 9.90 Å². The lowest BCUT2D eigenvalue weighted by Gasteiger charge is -2.28. The smallest absolute Gasteiger partial charge is 0.314 e. The summed E-state index contributed by atoms with van der Waals surface area (Å²) in [5.41, 5.74) is 4.07. The standard InChI is InChI=1S/C16H22O2/c1-4-13-9-11(2)12(3)14(10-13)16(15(17)18)7-5-6-8-16/h9-10H,4-8H2,1-3H3,(H,17,18). The van der Waals surface area contributed by atoms with Gasteiger partial charge in [-0.15, -0.1) is 0 Å². The molecule has 0 aromatic heterocycles. The molecule has 0 atom stereocenters. The molecule has 98 valence electrons. The Kier molecular flexibility index (Phi) is 3.47. The fourth-order valence-corrected chi connectivity index (χ4v) is 3.21. The maximum Gasteiger partial charge on any atom is 0.314 e. The first-order valence-electron chi connectivity index (χ1n) is 6.85.